The summed E-state index contributed by atoms with van der Waals surface area (Å²) in [5.74, 6) is -0.497. The molecular formula is C14H15N3O3. The Morgan fingerprint density at radius 1 is 1.60 bits per heavy atom. The van der Waals surface area contributed by atoms with E-state index in [-0.39, 0.29) is 12.6 Å². The number of pyridine rings is 1. The van der Waals surface area contributed by atoms with E-state index in [0.717, 1.165) is 0 Å². The van der Waals surface area contributed by atoms with Crippen molar-refractivity contribution >= 4 is 12.0 Å². The molecule has 20 heavy (non-hydrogen) atoms. The Hall–Kier alpha value is -2.63. The summed E-state index contributed by atoms with van der Waals surface area (Å²) in [6.45, 7) is 5.27. The molecule has 0 aliphatic carbocycles. The van der Waals surface area contributed by atoms with Gasteiger partial charge in [0.2, 0.25) is 0 Å². The number of allylic oxidation sites excluding steroid dienone is 1. The summed E-state index contributed by atoms with van der Waals surface area (Å²) in [5, 5.41) is 5.26. The fourth-order valence-electron chi connectivity index (χ4n) is 1.97. The fraction of sp³-hybridized carbons (Fsp3) is 0.214. The first kappa shape index (κ1) is 13.8. The van der Waals surface area contributed by atoms with E-state index in [2.05, 4.69) is 22.2 Å². The maximum atomic E-state index is 12.1. The Morgan fingerprint density at radius 2 is 2.40 bits per heavy atom. The monoisotopic (exact) mass is 273 g/mol. The number of esters is 1. The van der Waals surface area contributed by atoms with Gasteiger partial charge in [0, 0.05) is 18.1 Å². The van der Waals surface area contributed by atoms with Crippen molar-refractivity contribution in [2.45, 2.75) is 13.0 Å². The van der Waals surface area contributed by atoms with Crippen LogP contribution >= 0.6 is 0 Å². The minimum absolute atomic E-state index is 0.114. The summed E-state index contributed by atoms with van der Waals surface area (Å²) in [5.41, 5.74) is 1.54. The summed E-state index contributed by atoms with van der Waals surface area (Å²) in [6.07, 6.45) is 4.71. The van der Waals surface area contributed by atoms with E-state index in [0.29, 0.717) is 16.8 Å². The zero-order valence-corrected chi connectivity index (χ0v) is 11.1. The number of carbonyl (C=O) groups is 2. The summed E-state index contributed by atoms with van der Waals surface area (Å²) in [4.78, 5) is 27.7. The highest BCUT2D eigenvalue weighted by Gasteiger charge is 2.32. The third kappa shape index (κ3) is 2.85. The molecule has 0 radical (unpaired) electrons. The van der Waals surface area contributed by atoms with Gasteiger partial charge < -0.3 is 15.4 Å². The highest BCUT2D eigenvalue weighted by molar-refractivity contribution is 5.95. The van der Waals surface area contributed by atoms with Crippen LogP contribution < -0.4 is 10.6 Å². The molecule has 0 aromatic carbocycles. The van der Waals surface area contributed by atoms with Gasteiger partial charge >= 0.3 is 12.0 Å². The number of carbonyl (C=O) groups excluding carboxylic acids is 2. The van der Waals surface area contributed by atoms with Crippen LogP contribution in [0.25, 0.3) is 0 Å². The van der Waals surface area contributed by atoms with Crippen molar-refractivity contribution in [3.05, 3.63) is 54.0 Å². The van der Waals surface area contributed by atoms with E-state index in [9.17, 15) is 9.59 Å². The summed E-state index contributed by atoms with van der Waals surface area (Å²) in [7, 11) is 0. The topological polar surface area (TPSA) is 80.3 Å². The zero-order chi connectivity index (χ0) is 14.5. The molecule has 0 bridgehead atoms. The maximum Gasteiger partial charge on any atom is 0.338 e. The van der Waals surface area contributed by atoms with E-state index in [1.807, 2.05) is 0 Å². The van der Waals surface area contributed by atoms with Crippen LogP contribution in [-0.2, 0) is 9.53 Å². The number of rotatable bonds is 4. The van der Waals surface area contributed by atoms with Crippen LogP contribution in [0.2, 0.25) is 0 Å². The minimum atomic E-state index is -0.574. The summed E-state index contributed by atoms with van der Waals surface area (Å²) >= 11 is 0. The first-order chi connectivity index (χ1) is 9.63. The summed E-state index contributed by atoms with van der Waals surface area (Å²) in [6, 6.07) is 2.59. The molecule has 1 atom stereocenters. The smallest absolute Gasteiger partial charge is 0.338 e. The molecule has 1 aromatic rings. The Labute approximate surface area is 116 Å². The molecule has 6 heteroatoms. The molecular weight excluding hydrogens is 258 g/mol. The molecule has 1 aliphatic heterocycles. The van der Waals surface area contributed by atoms with Crippen LogP contribution in [-0.4, -0.2) is 23.6 Å². The van der Waals surface area contributed by atoms with Gasteiger partial charge in [-0.05, 0) is 18.6 Å². The Morgan fingerprint density at radius 3 is 3.05 bits per heavy atom. The number of aromatic nitrogens is 1. The minimum Gasteiger partial charge on any atom is -0.458 e. The summed E-state index contributed by atoms with van der Waals surface area (Å²) < 4.78 is 5.06. The maximum absolute atomic E-state index is 12.1. The van der Waals surface area contributed by atoms with E-state index in [1.54, 1.807) is 31.5 Å². The molecule has 0 fully saturated rings. The van der Waals surface area contributed by atoms with E-state index in [4.69, 9.17) is 4.74 Å². The van der Waals surface area contributed by atoms with Gasteiger partial charge in [0.05, 0.1) is 11.6 Å². The predicted octanol–water partition coefficient (Wildman–Crippen LogP) is 1.44. The largest absolute Gasteiger partial charge is 0.458 e. The fourth-order valence-corrected chi connectivity index (χ4v) is 1.97. The van der Waals surface area contributed by atoms with Gasteiger partial charge in [0.1, 0.15) is 6.61 Å². The van der Waals surface area contributed by atoms with E-state index in [1.165, 1.54) is 6.08 Å². The van der Waals surface area contributed by atoms with Gasteiger partial charge in [0.15, 0.2) is 0 Å². The van der Waals surface area contributed by atoms with Crippen molar-refractivity contribution in [2.24, 2.45) is 0 Å². The second-order valence-corrected chi connectivity index (χ2v) is 4.24. The Balaban J connectivity index is 2.36. The first-order valence-electron chi connectivity index (χ1n) is 6.09. The Bertz CT molecular complexity index is 566. The molecule has 0 saturated heterocycles. The number of nitrogens with zero attached hydrogens (tertiary/aromatic N) is 1. The van der Waals surface area contributed by atoms with Gasteiger partial charge in [-0.3, -0.25) is 4.98 Å². The molecule has 1 aliphatic rings. The molecule has 6 nitrogen and oxygen atoms in total. The molecule has 0 saturated carbocycles. The quantitative estimate of drug-likeness (QED) is 0.642. The van der Waals surface area contributed by atoms with Gasteiger partial charge in [-0.15, -0.1) is 0 Å². The first-order valence-corrected chi connectivity index (χ1v) is 6.09. The Kier molecular flexibility index (Phi) is 4.14. The van der Waals surface area contributed by atoms with Gasteiger partial charge in [-0.25, -0.2) is 9.59 Å². The van der Waals surface area contributed by atoms with Crippen molar-refractivity contribution in [1.82, 2.24) is 15.6 Å². The highest BCUT2D eigenvalue weighted by Crippen LogP contribution is 2.26. The van der Waals surface area contributed by atoms with Crippen LogP contribution in [0.1, 0.15) is 18.5 Å². The van der Waals surface area contributed by atoms with E-state index >= 15 is 0 Å². The molecule has 2 rings (SSSR count). The lowest BCUT2D eigenvalue weighted by molar-refractivity contribution is -0.138. The molecule has 0 spiro atoms. The number of nitrogens with one attached hydrogen (secondary N) is 2. The number of urea groups is 1. The standard InChI is InChI=1S/C14H15N3O3/c1-3-7-20-13(18)11-9(2)16-14(19)17-12(11)10-5-4-6-15-8-10/h3-6,8,12H,1,7H2,2H3,(H2,16,17,19). The molecule has 2 amide bonds. The van der Waals surface area contributed by atoms with Crippen molar-refractivity contribution in [3.63, 3.8) is 0 Å². The van der Waals surface area contributed by atoms with Crippen molar-refractivity contribution in [3.8, 4) is 0 Å². The van der Waals surface area contributed by atoms with Crippen molar-refractivity contribution in [1.29, 1.82) is 0 Å². The van der Waals surface area contributed by atoms with Crippen LogP contribution in [0.3, 0.4) is 0 Å². The molecule has 2 heterocycles. The normalized spacial score (nSPS) is 18.1. The number of hydrogen-bond donors (Lipinski definition) is 2. The second kappa shape index (κ2) is 6.01. The zero-order valence-electron chi connectivity index (χ0n) is 11.1. The lowest BCUT2D eigenvalue weighted by Gasteiger charge is -2.27. The predicted molar refractivity (Wildman–Crippen MR) is 72.5 cm³/mol. The van der Waals surface area contributed by atoms with Crippen LogP contribution in [0.4, 0.5) is 4.79 Å². The number of hydrogen-bond acceptors (Lipinski definition) is 4. The lowest BCUT2D eigenvalue weighted by atomic mass is 9.97. The molecule has 104 valence electrons. The average molecular weight is 273 g/mol. The average Bonchev–Trinajstić information content (AvgIpc) is 2.45. The van der Waals surface area contributed by atoms with Crippen LogP contribution in [0.5, 0.6) is 0 Å². The number of ether oxygens (including phenoxy) is 1. The van der Waals surface area contributed by atoms with Gasteiger partial charge in [-0.1, -0.05) is 18.7 Å². The third-order valence-corrected chi connectivity index (χ3v) is 2.84. The third-order valence-electron chi connectivity index (χ3n) is 2.84. The highest BCUT2D eigenvalue weighted by atomic mass is 16.5. The molecule has 2 N–H and O–H groups in total. The SMILES string of the molecule is C=CCOC(=O)C1=C(C)NC(=O)NC1c1cccnc1. The van der Waals surface area contributed by atoms with Crippen molar-refractivity contribution < 1.29 is 14.3 Å². The number of amides is 2. The van der Waals surface area contributed by atoms with Crippen molar-refractivity contribution in [2.75, 3.05) is 6.61 Å². The van der Waals surface area contributed by atoms with Crippen LogP contribution in [0.15, 0.2) is 48.5 Å². The van der Waals surface area contributed by atoms with Gasteiger partial charge in [0.25, 0.3) is 0 Å². The van der Waals surface area contributed by atoms with Crippen LogP contribution in [0, 0.1) is 0 Å². The molecule has 1 unspecified atom stereocenters. The second-order valence-electron chi connectivity index (χ2n) is 4.24. The lowest BCUT2D eigenvalue weighted by Crippen LogP contribution is -2.45. The molecule has 1 aromatic heterocycles. The van der Waals surface area contributed by atoms with E-state index < -0.39 is 12.0 Å². The van der Waals surface area contributed by atoms with Gasteiger partial charge in [-0.2, -0.15) is 0 Å².